The van der Waals surface area contributed by atoms with Gasteiger partial charge in [-0.15, -0.1) is 0 Å². The number of hydrogen-bond acceptors (Lipinski definition) is 8. The number of aliphatic hydroxyl groups is 1. The molecular weight excluding hydrogens is 454 g/mol. The number of benzene rings is 3. The maximum absolute atomic E-state index is 13.3. The van der Waals surface area contributed by atoms with Crippen molar-refractivity contribution in [2.75, 3.05) is 47.0 Å². The summed E-state index contributed by atoms with van der Waals surface area (Å²) in [5.74, 6) is 2.26. The molecule has 1 aliphatic rings. The fourth-order valence-electron chi connectivity index (χ4n) is 3.81. The second kappa shape index (κ2) is 10.4. The number of fused-ring (bicyclic) bond motifs is 1. The van der Waals surface area contributed by atoms with E-state index in [0.717, 1.165) is 0 Å². The van der Waals surface area contributed by atoms with Gasteiger partial charge >= 0.3 is 0 Å². The van der Waals surface area contributed by atoms with Crippen LogP contribution < -0.4 is 33.7 Å². The fraction of sp³-hybridized carbons (Fsp3) is 0.269. The molecule has 0 fully saturated rings. The summed E-state index contributed by atoms with van der Waals surface area (Å²) in [6.07, 6.45) is -1.05. The second-order valence-electron chi connectivity index (χ2n) is 7.63. The summed E-state index contributed by atoms with van der Waals surface area (Å²) in [6, 6.07) is 13.4. The number of aliphatic hydroxyl groups excluding tert-OH is 1. The van der Waals surface area contributed by atoms with E-state index in [-0.39, 0.29) is 5.56 Å². The van der Waals surface area contributed by atoms with Crippen molar-refractivity contribution in [1.82, 2.24) is 0 Å². The van der Waals surface area contributed by atoms with Crippen LogP contribution in [0.2, 0.25) is 0 Å². The normalized spacial score (nSPS) is 12.9. The van der Waals surface area contributed by atoms with E-state index in [0.29, 0.717) is 64.5 Å². The first-order valence-electron chi connectivity index (χ1n) is 10.9. The van der Waals surface area contributed by atoms with Gasteiger partial charge in [-0.3, -0.25) is 4.79 Å². The first kappa shape index (κ1) is 24.0. The third-order valence-electron chi connectivity index (χ3n) is 5.62. The first-order valence-corrected chi connectivity index (χ1v) is 10.9. The molecule has 2 N–H and O–H groups in total. The molecule has 1 amide bonds. The number of carbonyl (C=O) groups is 1. The number of nitrogens with one attached hydrogen (secondary N) is 1. The van der Waals surface area contributed by atoms with Gasteiger partial charge in [0.15, 0.2) is 23.0 Å². The van der Waals surface area contributed by atoms with Crippen molar-refractivity contribution in [2.45, 2.75) is 6.10 Å². The van der Waals surface area contributed by atoms with Crippen LogP contribution in [0, 0.1) is 0 Å². The Morgan fingerprint density at radius 2 is 1.46 bits per heavy atom. The van der Waals surface area contributed by atoms with Gasteiger partial charge in [0.25, 0.3) is 5.91 Å². The van der Waals surface area contributed by atoms with Gasteiger partial charge in [-0.1, -0.05) is 12.1 Å². The molecule has 9 nitrogen and oxygen atoms in total. The number of amides is 1. The minimum absolute atomic E-state index is 0.277. The zero-order valence-electron chi connectivity index (χ0n) is 19.9. The summed E-state index contributed by atoms with van der Waals surface area (Å²) >= 11 is 0. The van der Waals surface area contributed by atoms with Gasteiger partial charge in [0.05, 0.1) is 34.1 Å². The maximum Gasteiger partial charge on any atom is 0.255 e. The number of rotatable bonds is 8. The van der Waals surface area contributed by atoms with Crippen molar-refractivity contribution in [1.29, 1.82) is 0 Å². The predicted molar refractivity (Wildman–Crippen MR) is 129 cm³/mol. The average molecular weight is 482 g/mol. The smallest absolute Gasteiger partial charge is 0.255 e. The van der Waals surface area contributed by atoms with Crippen molar-refractivity contribution >= 4 is 11.6 Å². The van der Waals surface area contributed by atoms with Crippen molar-refractivity contribution in [3.05, 3.63) is 65.2 Å². The molecule has 1 aliphatic heterocycles. The van der Waals surface area contributed by atoms with Crippen molar-refractivity contribution in [3.63, 3.8) is 0 Å². The Labute approximate surface area is 203 Å². The van der Waals surface area contributed by atoms with Gasteiger partial charge < -0.3 is 38.8 Å². The van der Waals surface area contributed by atoms with Crippen LogP contribution >= 0.6 is 0 Å². The zero-order chi connectivity index (χ0) is 24.9. The Kier molecular flexibility index (Phi) is 7.17. The number of ether oxygens (including phenoxy) is 6. The van der Waals surface area contributed by atoms with Crippen LogP contribution in [0.25, 0.3) is 0 Å². The summed E-state index contributed by atoms with van der Waals surface area (Å²) in [6.45, 7) is 0.774. The molecule has 0 saturated carbocycles. The molecule has 1 heterocycles. The van der Waals surface area contributed by atoms with E-state index in [9.17, 15) is 9.90 Å². The summed E-state index contributed by atoms with van der Waals surface area (Å²) in [5.41, 5.74) is 1.71. The molecule has 0 radical (unpaired) electrons. The van der Waals surface area contributed by atoms with Crippen molar-refractivity contribution in [2.24, 2.45) is 0 Å². The molecule has 184 valence electrons. The number of methoxy groups -OCH3 is 4. The lowest BCUT2D eigenvalue weighted by Crippen LogP contribution is -2.19. The average Bonchev–Trinajstić information content (AvgIpc) is 2.91. The Balaban J connectivity index is 1.72. The van der Waals surface area contributed by atoms with E-state index >= 15 is 0 Å². The molecule has 0 saturated heterocycles. The lowest BCUT2D eigenvalue weighted by Gasteiger charge is -2.23. The number of anilines is 1. The SMILES string of the molecule is COc1ccc([C@@H](O)c2cc3c(cc2NC(=O)c2cc(OC)c(OC)c(OC)c2)OCCO3)cc1. The largest absolute Gasteiger partial charge is 0.497 e. The topological polar surface area (TPSA) is 105 Å². The molecule has 0 spiro atoms. The van der Waals surface area contributed by atoms with E-state index in [1.807, 2.05) is 0 Å². The van der Waals surface area contributed by atoms with E-state index in [1.54, 1.807) is 55.6 Å². The first-order chi connectivity index (χ1) is 17.0. The third-order valence-corrected chi connectivity index (χ3v) is 5.62. The molecule has 3 aromatic carbocycles. The Bertz CT molecular complexity index is 1180. The van der Waals surface area contributed by atoms with Crippen molar-refractivity contribution in [3.8, 4) is 34.5 Å². The lowest BCUT2D eigenvalue weighted by atomic mass is 9.98. The summed E-state index contributed by atoms with van der Waals surface area (Å²) in [7, 11) is 6.01. The Morgan fingerprint density at radius 3 is 2.00 bits per heavy atom. The molecule has 0 aromatic heterocycles. The molecule has 0 bridgehead atoms. The monoisotopic (exact) mass is 481 g/mol. The van der Waals surface area contributed by atoms with E-state index in [2.05, 4.69) is 5.32 Å². The molecule has 3 aromatic rings. The Hall–Kier alpha value is -4.11. The highest BCUT2D eigenvalue weighted by molar-refractivity contribution is 6.05. The standard InChI is InChI=1S/C26H27NO8/c1-30-17-7-5-15(6-8-17)24(28)18-13-20-21(35-10-9-34-20)14-19(18)27-26(29)16-11-22(31-2)25(33-4)23(12-16)32-3/h5-8,11-14,24,28H,9-10H2,1-4H3,(H,27,29)/t24-/m1/s1. The van der Waals surface area contributed by atoms with E-state index < -0.39 is 12.0 Å². The van der Waals surface area contributed by atoms with Crippen LogP contribution in [0.3, 0.4) is 0 Å². The maximum atomic E-state index is 13.3. The highest BCUT2D eigenvalue weighted by Crippen LogP contribution is 2.41. The van der Waals surface area contributed by atoms with Gasteiger partial charge in [-0.25, -0.2) is 0 Å². The summed E-state index contributed by atoms with van der Waals surface area (Å²) < 4.78 is 32.7. The minimum atomic E-state index is -1.05. The van der Waals surface area contributed by atoms with E-state index in [4.69, 9.17) is 28.4 Å². The molecular formula is C26H27NO8. The lowest BCUT2D eigenvalue weighted by molar-refractivity contribution is 0.102. The van der Waals surface area contributed by atoms with Gasteiger partial charge in [0, 0.05) is 17.2 Å². The van der Waals surface area contributed by atoms with Gasteiger partial charge in [-0.2, -0.15) is 0 Å². The summed E-state index contributed by atoms with van der Waals surface area (Å²) in [4.78, 5) is 13.3. The van der Waals surface area contributed by atoms with Crippen LogP contribution in [-0.4, -0.2) is 52.7 Å². The van der Waals surface area contributed by atoms with E-state index in [1.165, 1.54) is 21.3 Å². The minimum Gasteiger partial charge on any atom is -0.497 e. The predicted octanol–water partition coefficient (Wildman–Crippen LogP) is 3.83. The van der Waals surface area contributed by atoms with Crippen LogP contribution in [0.15, 0.2) is 48.5 Å². The Morgan fingerprint density at radius 1 is 0.857 bits per heavy atom. The van der Waals surface area contributed by atoms with Gasteiger partial charge in [0.1, 0.15) is 25.1 Å². The molecule has 9 heteroatoms. The van der Waals surface area contributed by atoms with Crippen LogP contribution in [0.4, 0.5) is 5.69 Å². The second-order valence-corrected chi connectivity index (χ2v) is 7.63. The highest BCUT2D eigenvalue weighted by Gasteiger charge is 2.24. The van der Waals surface area contributed by atoms with Crippen LogP contribution in [0.5, 0.6) is 34.5 Å². The number of carbonyl (C=O) groups excluding carboxylic acids is 1. The highest BCUT2D eigenvalue weighted by atomic mass is 16.6. The quantitative estimate of drug-likeness (QED) is 0.500. The van der Waals surface area contributed by atoms with Crippen LogP contribution in [-0.2, 0) is 0 Å². The summed E-state index contributed by atoms with van der Waals surface area (Å²) in [5, 5.41) is 14.1. The van der Waals surface area contributed by atoms with Gasteiger partial charge in [-0.05, 0) is 35.9 Å². The number of hydrogen-bond donors (Lipinski definition) is 2. The molecule has 4 rings (SSSR count). The van der Waals surface area contributed by atoms with Crippen LogP contribution in [0.1, 0.15) is 27.6 Å². The molecule has 0 unspecified atom stereocenters. The van der Waals surface area contributed by atoms with Crippen molar-refractivity contribution < 1.29 is 38.3 Å². The molecule has 1 atom stereocenters. The fourth-order valence-corrected chi connectivity index (χ4v) is 3.81. The third kappa shape index (κ3) is 4.90. The molecule has 35 heavy (non-hydrogen) atoms. The van der Waals surface area contributed by atoms with Gasteiger partial charge in [0.2, 0.25) is 5.75 Å². The zero-order valence-corrected chi connectivity index (χ0v) is 19.9. The molecule has 0 aliphatic carbocycles.